The predicted molar refractivity (Wildman–Crippen MR) is 55.9 cm³/mol. The van der Waals surface area contributed by atoms with Gasteiger partial charge >= 0.3 is 0 Å². The second kappa shape index (κ2) is 4.43. The summed E-state index contributed by atoms with van der Waals surface area (Å²) in [5.41, 5.74) is 0.122. The van der Waals surface area contributed by atoms with Gasteiger partial charge in [-0.3, -0.25) is 0 Å². The van der Waals surface area contributed by atoms with Crippen molar-refractivity contribution >= 4 is 0 Å². The second-order valence-corrected chi connectivity index (χ2v) is 4.73. The fraction of sp³-hybridized carbons (Fsp3) is 1.00. The van der Waals surface area contributed by atoms with Crippen LogP contribution in [0.3, 0.4) is 0 Å². The highest BCUT2D eigenvalue weighted by molar-refractivity contribution is 4.82. The van der Waals surface area contributed by atoms with Gasteiger partial charge < -0.3 is 10.1 Å². The van der Waals surface area contributed by atoms with Crippen LogP contribution in [0.5, 0.6) is 0 Å². The van der Waals surface area contributed by atoms with Gasteiger partial charge in [-0.1, -0.05) is 6.92 Å². The lowest BCUT2D eigenvalue weighted by Gasteiger charge is -2.21. The molecule has 0 aromatic heterocycles. The SMILES string of the molecule is CCNC(C)CC1CCC(C)(C)O1. The van der Waals surface area contributed by atoms with Crippen molar-refractivity contribution in [1.29, 1.82) is 0 Å². The van der Waals surface area contributed by atoms with Crippen molar-refractivity contribution in [2.75, 3.05) is 6.54 Å². The quantitative estimate of drug-likeness (QED) is 0.726. The van der Waals surface area contributed by atoms with E-state index >= 15 is 0 Å². The number of rotatable bonds is 4. The van der Waals surface area contributed by atoms with Crippen LogP contribution < -0.4 is 5.32 Å². The second-order valence-electron chi connectivity index (χ2n) is 4.73. The predicted octanol–water partition coefficient (Wildman–Crippen LogP) is 2.33. The van der Waals surface area contributed by atoms with Crippen molar-refractivity contribution < 1.29 is 4.74 Å². The van der Waals surface area contributed by atoms with Crippen molar-refractivity contribution in [3.63, 3.8) is 0 Å². The minimum Gasteiger partial charge on any atom is -0.372 e. The summed E-state index contributed by atoms with van der Waals surface area (Å²) in [4.78, 5) is 0. The fourth-order valence-corrected chi connectivity index (χ4v) is 2.07. The average Bonchev–Trinajstić information content (AvgIpc) is 2.30. The Morgan fingerprint density at radius 1 is 1.54 bits per heavy atom. The Morgan fingerprint density at radius 2 is 2.23 bits per heavy atom. The van der Waals surface area contributed by atoms with E-state index in [-0.39, 0.29) is 5.60 Å². The van der Waals surface area contributed by atoms with E-state index in [0.29, 0.717) is 12.1 Å². The fourth-order valence-electron chi connectivity index (χ4n) is 2.07. The lowest BCUT2D eigenvalue weighted by molar-refractivity contribution is -0.0212. The van der Waals surface area contributed by atoms with Gasteiger partial charge in [-0.25, -0.2) is 0 Å². The number of ether oxygens (including phenoxy) is 1. The molecule has 1 rings (SSSR count). The van der Waals surface area contributed by atoms with Crippen LogP contribution >= 0.6 is 0 Å². The summed E-state index contributed by atoms with van der Waals surface area (Å²) >= 11 is 0. The number of nitrogens with one attached hydrogen (secondary N) is 1. The molecule has 0 bridgehead atoms. The van der Waals surface area contributed by atoms with Crippen LogP contribution in [0, 0.1) is 0 Å². The zero-order chi connectivity index (χ0) is 9.90. The first kappa shape index (κ1) is 11.0. The lowest BCUT2D eigenvalue weighted by Crippen LogP contribution is -2.30. The van der Waals surface area contributed by atoms with Crippen LogP contribution in [0.25, 0.3) is 0 Å². The number of hydrogen-bond acceptors (Lipinski definition) is 2. The van der Waals surface area contributed by atoms with E-state index in [9.17, 15) is 0 Å². The van der Waals surface area contributed by atoms with E-state index in [2.05, 4.69) is 33.0 Å². The molecule has 13 heavy (non-hydrogen) atoms. The maximum Gasteiger partial charge on any atom is 0.0631 e. The normalized spacial score (nSPS) is 29.1. The van der Waals surface area contributed by atoms with E-state index < -0.39 is 0 Å². The molecule has 2 heteroatoms. The highest BCUT2D eigenvalue weighted by Gasteiger charge is 2.31. The molecule has 0 aromatic carbocycles. The molecule has 1 saturated heterocycles. The molecule has 2 unspecified atom stereocenters. The van der Waals surface area contributed by atoms with E-state index in [4.69, 9.17) is 4.74 Å². The molecule has 1 aliphatic heterocycles. The lowest BCUT2D eigenvalue weighted by atomic mass is 10.0. The molecule has 0 amide bonds. The van der Waals surface area contributed by atoms with Crippen molar-refractivity contribution in [2.24, 2.45) is 0 Å². The number of hydrogen-bond donors (Lipinski definition) is 1. The Kier molecular flexibility index (Phi) is 3.74. The standard InChI is InChI=1S/C11H23NO/c1-5-12-9(2)8-10-6-7-11(3,4)13-10/h9-10,12H,5-8H2,1-4H3. The summed E-state index contributed by atoms with van der Waals surface area (Å²) in [7, 11) is 0. The van der Waals surface area contributed by atoms with Gasteiger partial charge in [-0.05, 0) is 46.6 Å². The Bertz CT molecular complexity index is 156. The van der Waals surface area contributed by atoms with Gasteiger partial charge in [0.25, 0.3) is 0 Å². The van der Waals surface area contributed by atoms with Crippen LogP contribution in [0.4, 0.5) is 0 Å². The Labute approximate surface area is 82.0 Å². The first-order chi connectivity index (χ1) is 6.03. The molecule has 0 saturated carbocycles. The molecule has 0 aliphatic carbocycles. The minimum absolute atomic E-state index is 0.122. The summed E-state index contributed by atoms with van der Waals surface area (Å²) in [6.45, 7) is 9.81. The molecule has 0 spiro atoms. The van der Waals surface area contributed by atoms with Crippen LogP contribution in [-0.4, -0.2) is 24.3 Å². The smallest absolute Gasteiger partial charge is 0.0631 e. The zero-order valence-electron chi connectivity index (χ0n) is 9.39. The highest BCUT2D eigenvalue weighted by Crippen LogP contribution is 2.31. The van der Waals surface area contributed by atoms with E-state index in [1.807, 2.05) is 0 Å². The van der Waals surface area contributed by atoms with E-state index in [1.165, 1.54) is 12.8 Å². The van der Waals surface area contributed by atoms with E-state index in [1.54, 1.807) is 0 Å². The summed E-state index contributed by atoms with van der Waals surface area (Å²) in [5, 5.41) is 3.42. The average molecular weight is 185 g/mol. The monoisotopic (exact) mass is 185 g/mol. The van der Waals surface area contributed by atoms with Crippen molar-refractivity contribution in [3.05, 3.63) is 0 Å². The van der Waals surface area contributed by atoms with Crippen LogP contribution in [0.15, 0.2) is 0 Å². The molecule has 1 heterocycles. The molecule has 1 N–H and O–H groups in total. The van der Waals surface area contributed by atoms with Crippen molar-refractivity contribution in [1.82, 2.24) is 5.32 Å². The third-order valence-corrected chi connectivity index (χ3v) is 2.72. The van der Waals surface area contributed by atoms with Crippen molar-refractivity contribution in [3.8, 4) is 0 Å². The molecule has 0 radical (unpaired) electrons. The summed E-state index contributed by atoms with van der Waals surface area (Å²) < 4.78 is 5.93. The van der Waals surface area contributed by atoms with Crippen LogP contribution in [-0.2, 0) is 4.74 Å². The largest absolute Gasteiger partial charge is 0.372 e. The van der Waals surface area contributed by atoms with Gasteiger partial charge in [-0.15, -0.1) is 0 Å². The first-order valence-corrected chi connectivity index (χ1v) is 5.44. The molecule has 78 valence electrons. The van der Waals surface area contributed by atoms with Gasteiger partial charge in [0.15, 0.2) is 0 Å². The van der Waals surface area contributed by atoms with Gasteiger partial charge in [0.1, 0.15) is 0 Å². The van der Waals surface area contributed by atoms with Crippen molar-refractivity contribution in [2.45, 2.75) is 64.7 Å². The maximum absolute atomic E-state index is 5.93. The van der Waals surface area contributed by atoms with Crippen LogP contribution in [0.1, 0.15) is 47.0 Å². The first-order valence-electron chi connectivity index (χ1n) is 5.44. The Morgan fingerprint density at radius 3 is 2.69 bits per heavy atom. The van der Waals surface area contributed by atoms with Gasteiger partial charge in [-0.2, -0.15) is 0 Å². The maximum atomic E-state index is 5.93. The Balaban J connectivity index is 2.24. The van der Waals surface area contributed by atoms with Crippen LogP contribution in [0.2, 0.25) is 0 Å². The summed E-state index contributed by atoms with van der Waals surface area (Å²) in [6.07, 6.45) is 4.06. The molecular weight excluding hydrogens is 162 g/mol. The Hall–Kier alpha value is -0.0800. The summed E-state index contributed by atoms with van der Waals surface area (Å²) in [5.74, 6) is 0. The molecule has 2 nitrogen and oxygen atoms in total. The highest BCUT2D eigenvalue weighted by atomic mass is 16.5. The van der Waals surface area contributed by atoms with Gasteiger partial charge in [0.2, 0.25) is 0 Å². The summed E-state index contributed by atoms with van der Waals surface area (Å²) in [6, 6.07) is 0.587. The minimum atomic E-state index is 0.122. The third kappa shape index (κ3) is 3.65. The third-order valence-electron chi connectivity index (χ3n) is 2.72. The molecule has 0 aromatic rings. The van der Waals surface area contributed by atoms with Gasteiger partial charge in [0.05, 0.1) is 11.7 Å². The molecular formula is C11H23NO. The van der Waals surface area contributed by atoms with Gasteiger partial charge in [0, 0.05) is 6.04 Å². The molecule has 2 atom stereocenters. The topological polar surface area (TPSA) is 21.3 Å². The zero-order valence-corrected chi connectivity index (χ0v) is 9.39. The molecule has 1 fully saturated rings. The van der Waals surface area contributed by atoms with E-state index in [0.717, 1.165) is 13.0 Å². The molecule has 1 aliphatic rings.